The van der Waals surface area contributed by atoms with Crippen LogP contribution in [0, 0.1) is 11.3 Å². The maximum absolute atomic E-state index is 7.43. The largest absolute Gasteiger partial charge is 0.324 e. The lowest BCUT2D eigenvalue weighted by Gasteiger charge is -2.03. The van der Waals surface area contributed by atoms with Crippen molar-refractivity contribution in [1.29, 1.82) is 5.41 Å². The molecule has 0 aliphatic rings. The second-order valence-electron chi connectivity index (χ2n) is 2.75. The lowest BCUT2D eigenvalue weighted by molar-refractivity contribution is 0.512. The van der Waals surface area contributed by atoms with Gasteiger partial charge in [0, 0.05) is 18.1 Å². The zero-order chi connectivity index (χ0) is 7.56. The average Bonchev–Trinajstić information content (AvgIpc) is 2.15. The fourth-order valence-corrected chi connectivity index (χ4v) is 1.45. The van der Waals surface area contributed by atoms with Crippen LogP contribution in [0.25, 0.3) is 0 Å². The van der Waals surface area contributed by atoms with Gasteiger partial charge < -0.3 is 4.57 Å². The molecule has 0 saturated carbocycles. The summed E-state index contributed by atoms with van der Waals surface area (Å²) >= 11 is 1.48. The lowest BCUT2D eigenvalue weighted by atomic mass is 10.2. The average molecular weight is 193 g/mol. The Kier molecular flexibility index (Phi) is 4.45. The van der Waals surface area contributed by atoms with E-state index < -0.39 is 0 Å². The molecule has 64 valence electrons. The number of hydrogen-bond donors (Lipinski definition) is 1. The summed E-state index contributed by atoms with van der Waals surface area (Å²) in [6, 6.07) is 0. The van der Waals surface area contributed by atoms with Crippen LogP contribution >= 0.6 is 23.7 Å². The molecule has 0 unspecified atom stereocenters. The molecule has 11 heavy (non-hydrogen) atoms. The van der Waals surface area contributed by atoms with Crippen molar-refractivity contribution in [3.8, 4) is 0 Å². The maximum Gasteiger partial charge on any atom is 0.181 e. The Morgan fingerprint density at radius 2 is 2.27 bits per heavy atom. The molecule has 1 rings (SSSR count). The number of nitrogens with zero attached hydrogens (tertiary/aromatic N) is 1. The van der Waals surface area contributed by atoms with Crippen LogP contribution in [0.1, 0.15) is 13.8 Å². The van der Waals surface area contributed by atoms with Gasteiger partial charge in [-0.1, -0.05) is 13.8 Å². The fourth-order valence-electron chi connectivity index (χ4n) is 0.841. The predicted molar refractivity (Wildman–Crippen MR) is 50.2 cm³/mol. The second kappa shape index (κ2) is 4.57. The van der Waals surface area contributed by atoms with Gasteiger partial charge in [-0.2, -0.15) is 0 Å². The number of halogens is 1. The summed E-state index contributed by atoms with van der Waals surface area (Å²) < 4.78 is 1.97. The van der Waals surface area contributed by atoms with Gasteiger partial charge in [-0.15, -0.1) is 23.7 Å². The van der Waals surface area contributed by atoms with Crippen molar-refractivity contribution < 1.29 is 0 Å². The van der Waals surface area contributed by atoms with Crippen molar-refractivity contribution in [2.75, 3.05) is 0 Å². The van der Waals surface area contributed by atoms with E-state index in [2.05, 4.69) is 13.8 Å². The first-order valence-electron chi connectivity index (χ1n) is 3.38. The van der Waals surface area contributed by atoms with E-state index in [1.807, 2.05) is 16.1 Å². The van der Waals surface area contributed by atoms with Gasteiger partial charge in [0.25, 0.3) is 0 Å². The van der Waals surface area contributed by atoms with E-state index in [4.69, 9.17) is 5.41 Å². The molecule has 0 aliphatic heterocycles. The minimum Gasteiger partial charge on any atom is -0.324 e. The van der Waals surface area contributed by atoms with Crippen molar-refractivity contribution in [2.45, 2.75) is 20.4 Å². The van der Waals surface area contributed by atoms with Crippen LogP contribution in [-0.4, -0.2) is 4.57 Å². The minimum absolute atomic E-state index is 0. The normalized spacial score (nSPS) is 9.73. The van der Waals surface area contributed by atoms with Crippen LogP contribution < -0.4 is 4.80 Å². The van der Waals surface area contributed by atoms with E-state index in [9.17, 15) is 0 Å². The van der Waals surface area contributed by atoms with Crippen molar-refractivity contribution in [3.05, 3.63) is 16.4 Å². The highest BCUT2D eigenvalue weighted by Crippen LogP contribution is 1.97. The molecule has 1 N–H and O–H groups in total. The molecular weight excluding hydrogens is 180 g/mol. The smallest absolute Gasteiger partial charge is 0.181 e. The third-order valence-corrected chi connectivity index (χ3v) is 1.96. The Morgan fingerprint density at radius 1 is 1.64 bits per heavy atom. The summed E-state index contributed by atoms with van der Waals surface area (Å²) in [4.78, 5) is 0.647. The van der Waals surface area contributed by atoms with E-state index in [1.54, 1.807) is 0 Å². The van der Waals surface area contributed by atoms with Gasteiger partial charge >= 0.3 is 0 Å². The van der Waals surface area contributed by atoms with Crippen LogP contribution in [0.15, 0.2) is 11.6 Å². The van der Waals surface area contributed by atoms with E-state index in [1.165, 1.54) is 11.3 Å². The maximum atomic E-state index is 7.43. The van der Waals surface area contributed by atoms with Gasteiger partial charge in [0.2, 0.25) is 0 Å². The Labute approximate surface area is 76.8 Å². The highest BCUT2D eigenvalue weighted by atomic mass is 35.5. The van der Waals surface area contributed by atoms with E-state index in [0.29, 0.717) is 10.7 Å². The van der Waals surface area contributed by atoms with Gasteiger partial charge in [-0.3, -0.25) is 5.41 Å². The standard InChI is InChI=1S/C7H12N2S.ClH/c1-6(2)5-9-3-4-10-7(9)8;/h3-4,6,8H,5H2,1-2H3;1H. The highest BCUT2D eigenvalue weighted by molar-refractivity contribution is 7.06. The third kappa shape index (κ3) is 3.08. The van der Waals surface area contributed by atoms with Gasteiger partial charge in [-0.25, -0.2) is 0 Å². The Balaban J connectivity index is 0.000001000. The van der Waals surface area contributed by atoms with Crippen LogP contribution in [0.5, 0.6) is 0 Å². The van der Waals surface area contributed by atoms with Crippen LogP contribution in [0.2, 0.25) is 0 Å². The zero-order valence-electron chi connectivity index (χ0n) is 6.70. The molecule has 0 saturated heterocycles. The molecule has 0 radical (unpaired) electrons. The molecule has 0 spiro atoms. The summed E-state index contributed by atoms with van der Waals surface area (Å²) in [6.45, 7) is 5.27. The topological polar surface area (TPSA) is 28.8 Å². The quantitative estimate of drug-likeness (QED) is 0.744. The Morgan fingerprint density at radius 3 is 2.64 bits per heavy atom. The predicted octanol–water partition coefficient (Wildman–Crippen LogP) is 2.11. The van der Waals surface area contributed by atoms with Gasteiger partial charge in [0.05, 0.1) is 0 Å². The summed E-state index contributed by atoms with van der Waals surface area (Å²) in [5.41, 5.74) is 0. The molecule has 2 nitrogen and oxygen atoms in total. The monoisotopic (exact) mass is 192 g/mol. The van der Waals surface area contributed by atoms with Gasteiger partial charge in [-0.05, 0) is 5.92 Å². The van der Waals surface area contributed by atoms with Crippen molar-refractivity contribution in [3.63, 3.8) is 0 Å². The second-order valence-corrected chi connectivity index (χ2v) is 3.65. The van der Waals surface area contributed by atoms with Crippen molar-refractivity contribution in [1.82, 2.24) is 4.57 Å². The van der Waals surface area contributed by atoms with Crippen molar-refractivity contribution in [2.24, 2.45) is 5.92 Å². The van der Waals surface area contributed by atoms with Crippen LogP contribution in [-0.2, 0) is 6.54 Å². The summed E-state index contributed by atoms with van der Waals surface area (Å²) in [5.74, 6) is 0.628. The highest BCUT2D eigenvalue weighted by Gasteiger charge is 1.95. The SMILES string of the molecule is CC(C)Cn1ccsc1=N.Cl. The molecule has 0 fully saturated rings. The third-order valence-electron chi connectivity index (χ3n) is 1.24. The first-order chi connectivity index (χ1) is 4.70. The fraction of sp³-hybridized carbons (Fsp3) is 0.571. The van der Waals surface area contributed by atoms with Crippen LogP contribution in [0.3, 0.4) is 0 Å². The molecule has 0 amide bonds. The summed E-state index contributed by atoms with van der Waals surface area (Å²) in [7, 11) is 0. The first-order valence-corrected chi connectivity index (χ1v) is 4.26. The molecule has 1 aromatic heterocycles. The van der Waals surface area contributed by atoms with Gasteiger partial charge in [0.1, 0.15) is 0 Å². The summed E-state index contributed by atoms with van der Waals surface area (Å²) in [5, 5.41) is 9.37. The zero-order valence-corrected chi connectivity index (χ0v) is 8.34. The molecule has 0 aliphatic carbocycles. The van der Waals surface area contributed by atoms with Crippen molar-refractivity contribution >= 4 is 23.7 Å². The molecule has 1 aromatic rings. The number of hydrogen-bond acceptors (Lipinski definition) is 2. The van der Waals surface area contributed by atoms with Gasteiger partial charge in [0.15, 0.2) is 4.80 Å². The Bertz CT molecular complexity index is 251. The number of nitrogens with one attached hydrogen (secondary N) is 1. The summed E-state index contributed by atoms with van der Waals surface area (Å²) in [6.07, 6.45) is 1.97. The molecule has 0 atom stereocenters. The molecule has 0 aromatic carbocycles. The molecule has 1 heterocycles. The molecule has 4 heteroatoms. The molecule has 0 bridgehead atoms. The minimum atomic E-state index is 0. The number of thiazole rings is 1. The number of aromatic nitrogens is 1. The van der Waals surface area contributed by atoms with E-state index in [0.717, 1.165) is 6.54 Å². The first kappa shape index (κ1) is 10.7. The number of rotatable bonds is 2. The Hall–Kier alpha value is -0.280. The van der Waals surface area contributed by atoms with E-state index >= 15 is 0 Å². The lowest BCUT2D eigenvalue weighted by Crippen LogP contribution is -2.15. The van der Waals surface area contributed by atoms with Crippen LogP contribution in [0.4, 0.5) is 0 Å². The van der Waals surface area contributed by atoms with E-state index in [-0.39, 0.29) is 12.4 Å². The molecular formula is C7H13ClN2S.